The van der Waals surface area contributed by atoms with E-state index in [1.165, 1.54) is 11.1 Å². The molecule has 0 saturated heterocycles. The first kappa shape index (κ1) is 22.6. The smallest absolute Gasteiger partial charge is 0.430 e. The molecule has 1 aliphatic heterocycles. The van der Waals surface area contributed by atoms with E-state index >= 15 is 0 Å². The van der Waals surface area contributed by atoms with E-state index < -0.39 is 23.7 Å². The maximum atomic E-state index is 13.0. The Bertz CT molecular complexity index is 971. The number of hydrogen-bond donors (Lipinski definition) is 1. The fourth-order valence-electron chi connectivity index (χ4n) is 3.79. The Morgan fingerprint density at radius 2 is 1.78 bits per heavy atom. The Balaban J connectivity index is 1.27. The van der Waals surface area contributed by atoms with Gasteiger partial charge >= 0.3 is 6.18 Å². The van der Waals surface area contributed by atoms with Crippen LogP contribution < -0.4 is 10.1 Å². The largest absolute Gasteiger partial charge is 0.493 e. The van der Waals surface area contributed by atoms with Crippen LogP contribution in [0.5, 0.6) is 5.75 Å². The molecular formula is C24H25F5N2O. The van der Waals surface area contributed by atoms with Crippen LogP contribution in [0.25, 0.3) is 0 Å². The highest BCUT2D eigenvalue weighted by Gasteiger charge is 2.57. The molecule has 172 valence electrons. The molecule has 0 amide bonds. The molecule has 0 aromatic heterocycles. The van der Waals surface area contributed by atoms with Crippen molar-refractivity contribution in [2.24, 2.45) is 5.92 Å². The molecule has 1 fully saturated rings. The van der Waals surface area contributed by atoms with Gasteiger partial charge in [0, 0.05) is 32.6 Å². The van der Waals surface area contributed by atoms with Gasteiger partial charge in [0.05, 0.1) is 12.5 Å². The second-order valence-electron chi connectivity index (χ2n) is 8.51. The number of rotatable bonds is 8. The molecular weight excluding hydrogens is 427 g/mol. The van der Waals surface area contributed by atoms with E-state index in [4.69, 9.17) is 4.74 Å². The molecule has 1 atom stereocenters. The summed E-state index contributed by atoms with van der Waals surface area (Å²) in [6.45, 7) is 5.48. The molecule has 4 rings (SSSR count). The van der Waals surface area contributed by atoms with Gasteiger partial charge in [0.2, 0.25) is 0 Å². The Labute approximate surface area is 183 Å². The van der Waals surface area contributed by atoms with Crippen molar-refractivity contribution in [3.63, 3.8) is 0 Å². The number of halogens is 5. The zero-order chi connectivity index (χ0) is 22.9. The summed E-state index contributed by atoms with van der Waals surface area (Å²) in [5.74, 6) is -2.60. The zero-order valence-electron chi connectivity index (χ0n) is 17.5. The van der Waals surface area contributed by atoms with Crippen molar-refractivity contribution in [2.45, 2.75) is 44.6 Å². The van der Waals surface area contributed by atoms with E-state index in [-0.39, 0.29) is 19.6 Å². The van der Waals surface area contributed by atoms with Gasteiger partial charge in [0.15, 0.2) is 0 Å². The zero-order valence-corrected chi connectivity index (χ0v) is 17.5. The van der Waals surface area contributed by atoms with Crippen LogP contribution in [0.1, 0.15) is 28.7 Å². The summed E-state index contributed by atoms with van der Waals surface area (Å²) < 4.78 is 69.1. The summed E-state index contributed by atoms with van der Waals surface area (Å²) in [5, 5.41) is 2.30. The second-order valence-corrected chi connectivity index (χ2v) is 8.51. The van der Waals surface area contributed by atoms with Crippen LogP contribution in [-0.4, -0.2) is 30.2 Å². The normalized spacial score (nSPS) is 19.8. The molecule has 0 spiro atoms. The minimum absolute atomic E-state index is 0.0493. The SMILES string of the molecule is C=C(NCc1ccc(CN2CCc3cc(OCC4CC4(F)F)ccc3C2)cc1)C(F)(F)F. The molecule has 2 aromatic carbocycles. The van der Waals surface area contributed by atoms with Crippen LogP contribution in [0.15, 0.2) is 54.7 Å². The molecule has 1 heterocycles. The Morgan fingerprint density at radius 1 is 1.09 bits per heavy atom. The van der Waals surface area contributed by atoms with Gasteiger partial charge < -0.3 is 10.1 Å². The van der Waals surface area contributed by atoms with Crippen LogP contribution in [0.3, 0.4) is 0 Å². The standard InChI is InChI=1S/C24H25F5N2O/c1-16(24(27,28)29)30-12-17-2-4-18(5-3-17)13-31-9-8-19-10-22(7-6-20(19)14-31)32-15-21-11-23(21,25)26/h2-7,10,21,30H,1,8-9,11-15H2. The van der Waals surface area contributed by atoms with E-state index in [0.717, 1.165) is 37.2 Å². The number of benzene rings is 2. The molecule has 0 bridgehead atoms. The summed E-state index contributed by atoms with van der Waals surface area (Å²) in [6, 6.07) is 13.3. The van der Waals surface area contributed by atoms with E-state index in [2.05, 4.69) is 16.8 Å². The van der Waals surface area contributed by atoms with Gasteiger partial charge in [0.25, 0.3) is 5.92 Å². The Hall–Kier alpha value is -2.61. The summed E-state index contributed by atoms with van der Waals surface area (Å²) >= 11 is 0. The summed E-state index contributed by atoms with van der Waals surface area (Å²) in [7, 11) is 0. The van der Waals surface area contributed by atoms with Crippen LogP contribution in [-0.2, 0) is 26.1 Å². The van der Waals surface area contributed by atoms with E-state index in [1.807, 2.05) is 42.5 Å². The molecule has 8 heteroatoms. The highest BCUT2D eigenvalue weighted by molar-refractivity contribution is 5.37. The molecule has 1 N–H and O–H groups in total. The van der Waals surface area contributed by atoms with Crippen molar-refractivity contribution in [1.82, 2.24) is 10.2 Å². The van der Waals surface area contributed by atoms with Crippen LogP contribution >= 0.6 is 0 Å². The van der Waals surface area contributed by atoms with Crippen molar-refractivity contribution in [3.8, 4) is 5.75 Å². The molecule has 2 aromatic rings. The van der Waals surface area contributed by atoms with Crippen molar-refractivity contribution in [2.75, 3.05) is 13.2 Å². The first-order valence-corrected chi connectivity index (χ1v) is 10.5. The number of nitrogens with zero attached hydrogens (tertiary/aromatic N) is 1. The number of nitrogens with one attached hydrogen (secondary N) is 1. The lowest BCUT2D eigenvalue weighted by molar-refractivity contribution is -0.0964. The van der Waals surface area contributed by atoms with Gasteiger partial charge in [-0.2, -0.15) is 13.2 Å². The third-order valence-corrected chi connectivity index (χ3v) is 5.95. The van der Waals surface area contributed by atoms with Crippen LogP contribution in [0, 0.1) is 5.92 Å². The lowest BCUT2D eigenvalue weighted by atomic mass is 9.99. The van der Waals surface area contributed by atoms with Gasteiger partial charge in [-0.15, -0.1) is 0 Å². The topological polar surface area (TPSA) is 24.5 Å². The highest BCUT2D eigenvalue weighted by atomic mass is 19.4. The van der Waals surface area contributed by atoms with E-state index in [9.17, 15) is 22.0 Å². The van der Waals surface area contributed by atoms with E-state index in [0.29, 0.717) is 5.75 Å². The maximum Gasteiger partial charge on any atom is 0.430 e. The fraction of sp³-hybridized carbons (Fsp3) is 0.417. The van der Waals surface area contributed by atoms with Crippen molar-refractivity contribution >= 4 is 0 Å². The quantitative estimate of drug-likeness (QED) is 0.540. The lowest BCUT2D eigenvalue weighted by Crippen LogP contribution is -2.30. The Morgan fingerprint density at radius 3 is 2.44 bits per heavy atom. The fourth-order valence-corrected chi connectivity index (χ4v) is 3.79. The number of hydrogen-bond acceptors (Lipinski definition) is 3. The molecule has 3 nitrogen and oxygen atoms in total. The van der Waals surface area contributed by atoms with E-state index in [1.54, 1.807) is 0 Å². The van der Waals surface area contributed by atoms with Gasteiger partial charge in [-0.1, -0.05) is 36.9 Å². The number of allylic oxidation sites excluding steroid dienone is 1. The summed E-state index contributed by atoms with van der Waals surface area (Å²) in [5.41, 5.74) is 3.24. The number of fused-ring (bicyclic) bond motifs is 1. The van der Waals surface area contributed by atoms with Crippen molar-refractivity contribution in [3.05, 3.63) is 77.0 Å². The maximum absolute atomic E-state index is 13.0. The first-order valence-electron chi connectivity index (χ1n) is 10.5. The molecule has 1 unspecified atom stereocenters. The van der Waals surface area contributed by atoms with Crippen LogP contribution in [0.2, 0.25) is 0 Å². The molecule has 0 radical (unpaired) electrons. The third kappa shape index (κ3) is 5.59. The van der Waals surface area contributed by atoms with Crippen molar-refractivity contribution in [1.29, 1.82) is 0 Å². The molecule has 1 aliphatic carbocycles. The first-order chi connectivity index (χ1) is 15.1. The van der Waals surface area contributed by atoms with Crippen LogP contribution in [0.4, 0.5) is 22.0 Å². The van der Waals surface area contributed by atoms with Gasteiger partial charge in [0.1, 0.15) is 11.4 Å². The average molecular weight is 452 g/mol. The predicted molar refractivity (Wildman–Crippen MR) is 111 cm³/mol. The monoisotopic (exact) mass is 452 g/mol. The third-order valence-electron chi connectivity index (χ3n) is 5.95. The minimum atomic E-state index is -4.44. The second kappa shape index (κ2) is 8.73. The molecule has 32 heavy (non-hydrogen) atoms. The summed E-state index contributed by atoms with van der Waals surface area (Å²) in [4.78, 5) is 2.30. The average Bonchev–Trinajstić information content (AvgIpc) is 3.37. The van der Waals surface area contributed by atoms with Gasteiger partial charge in [-0.25, -0.2) is 8.78 Å². The predicted octanol–water partition coefficient (Wildman–Crippen LogP) is 5.44. The molecule has 2 aliphatic rings. The Kier molecular flexibility index (Phi) is 6.16. The van der Waals surface area contributed by atoms with Crippen molar-refractivity contribution < 1.29 is 26.7 Å². The number of alkyl halides is 5. The minimum Gasteiger partial charge on any atom is -0.493 e. The lowest BCUT2D eigenvalue weighted by Gasteiger charge is -2.29. The number of ether oxygens (including phenoxy) is 1. The molecule has 1 saturated carbocycles. The van der Waals surface area contributed by atoms with Gasteiger partial charge in [-0.05, 0) is 40.8 Å². The summed E-state index contributed by atoms with van der Waals surface area (Å²) in [6.07, 6.45) is -3.69. The highest BCUT2D eigenvalue weighted by Crippen LogP contribution is 2.48. The van der Waals surface area contributed by atoms with Gasteiger partial charge in [-0.3, -0.25) is 4.90 Å².